The van der Waals surface area contributed by atoms with Crippen molar-refractivity contribution >= 4 is 33.3 Å². The Balaban J connectivity index is 1.63. The first-order chi connectivity index (χ1) is 11.7. The maximum Gasteiger partial charge on any atom is 0.277 e. The van der Waals surface area contributed by atoms with Crippen LogP contribution in [0.5, 0.6) is 0 Å². The second-order valence-electron chi connectivity index (χ2n) is 4.87. The van der Waals surface area contributed by atoms with E-state index in [4.69, 9.17) is 4.74 Å². The van der Waals surface area contributed by atoms with Crippen molar-refractivity contribution in [2.45, 2.75) is 19.6 Å². The van der Waals surface area contributed by atoms with Gasteiger partial charge in [-0.15, -0.1) is 15.3 Å². The van der Waals surface area contributed by atoms with Crippen LogP contribution in [0.4, 0.5) is 5.13 Å². The first kappa shape index (κ1) is 16.1. The number of aromatic nitrogens is 5. The summed E-state index contributed by atoms with van der Waals surface area (Å²) in [6, 6.07) is 6.94. The number of benzene rings is 1. The molecule has 9 nitrogen and oxygen atoms in total. The van der Waals surface area contributed by atoms with Gasteiger partial charge in [0.2, 0.25) is 11.0 Å². The molecule has 2 heterocycles. The number of carbonyl (C=O) groups excluding carboxylic acids is 1. The molecule has 0 saturated carbocycles. The van der Waals surface area contributed by atoms with E-state index in [0.717, 1.165) is 0 Å². The number of hydrogen-bond donors (Lipinski definition) is 1. The van der Waals surface area contributed by atoms with Gasteiger partial charge in [-0.1, -0.05) is 28.7 Å². The van der Waals surface area contributed by atoms with Gasteiger partial charge in [0.05, 0.1) is 11.9 Å². The summed E-state index contributed by atoms with van der Waals surface area (Å²) in [5.41, 5.74) is 0.259. The number of ether oxygens (including phenoxy) is 1. The van der Waals surface area contributed by atoms with Crippen molar-refractivity contribution in [1.82, 2.24) is 25.2 Å². The highest BCUT2D eigenvalue weighted by molar-refractivity contribution is 7.15. The molecule has 0 aliphatic carbocycles. The van der Waals surface area contributed by atoms with E-state index in [-0.39, 0.29) is 24.4 Å². The molecule has 0 aliphatic heterocycles. The average molecular weight is 346 g/mol. The number of carbonyl (C=O) groups is 1. The number of fused-ring (bicyclic) bond motifs is 1. The fraction of sp³-hybridized carbons (Fsp3) is 0.286. The van der Waals surface area contributed by atoms with Crippen molar-refractivity contribution in [3.8, 4) is 0 Å². The lowest BCUT2D eigenvalue weighted by Gasteiger charge is -2.04. The summed E-state index contributed by atoms with van der Waals surface area (Å²) in [5.74, 6) is -0.281. The van der Waals surface area contributed by atoms with E-state index < -0.39 is 0 Å². The molecule has 0 aliphatic rings. The minimum absolute atomic E-state index is 0.0755. The van der Waals surface area contributed by atoms with E-state index in [0.29, 0.717) is 27.6 Å². The topological polar surface area (TPSA) is 112 Å². The Kier molecular flexibility index (Phi) is 4.87. The Bertz CT molecular complexity index is 922. The Hall–Kier alpha value is -2.72. The number of aryl methyl sites for hydroxylation is 1. The second-order valence-corrected chi connectivity index (χ2v) is 5.93. The van der Waals surface area contributed by atoms with Gasteiger partial charge < -0.3 is 10.1 Å². The van der Waals surface area contributed by atoms with E-state index in [2.05, 4.69) is 25.8 Å². The molecule has 0 bridgehead atoms. The van der Waals surface area contributed by atoms with Crippen LogP contribution in [0.15, 0.2) is 29.1 Å². The summed E-state index contributed by atoms with van der Waals surface area (Å²) < 4.78 is 6.12. The molecule has 2 aromatic heterocycles. The third-order valence-electron chi connectivity index (χ3n) is 3.16. The summed E-state index contributed by atoms with van der Waals surface area (Å²) >= 11 is 1.24. The maximum atomic E-state index is 12.3. The van der Waals surface area contributed by atoms with Gasteiger partial charge in [0, 0.05) is 13.5 Å². The smallest absolute Gasteiger partial charge is 0.277 e. The lowest BCUT2D eigenvalue weighted by Crippen LogP contribution is -2.26. The summed E-state index contributed by atoms with van der Waals surface area (Å²) in [6.45, 7) is 0.474. The number of nitrogens with one attached hydrogen (secondary N) is 1. The number of nitrogens with zero attached hydrogens (tertiary/aromatic N) is 5. The monoisotopic (exact) mass is 346 g/mol. The van der Waals surface area contributed by atoms with Crippen molar-refractivity contribution < 1.29 is 9.53 Å². The molecule has 3 aromatic rings. The zero-order valence-corrected chi connectivity index (χ0v) is 13.6. The molecule has 1 aromatic carbocycles. The van der Waals surface area contributed by atoms with Crippen LogP contribution < -0.4 is 10.9 Å². The minimum atomic E-state index is -0.281. The van der Waals surface area contributed by atoms with Crippen molar-refractivity contribution in [3.05, 3.63) is 39.6 Å². The highest BCUT2D eigenvalue weighted by atomic mass is 32.1. The minimum Gasteiger partial charge on any atom is -0.377 e. The Morgan fingerprint density at radius 2 is 2.12 bits per heavy atom. The fourth-order valence-corrected chi connectivity index (χ4v) is 2.77. The maximum absolute atomic E-state index is 12.3. The number of hydrogen-bond acceptors (Lipinski definition) is 8. The van der Waals surface area contributed by atoms with Gasteiger partial charge in [0.25, 0.3) is 5.56 Å². The van der Waals surface area contributed by atoms with E-state index in [1.54, 1.807) is 31.4 Å². The first-order valence-corrected chi connectivity index (χ1v) is 7.93. The van der Waals surface area contributed by atoms with Crippen molar-refractivity contribution in [2.24, 2.45) is 0 Å². The standard InChI is InChI=1S/C14H14N6O3S/c1-23-8-12-17-18-14(24-12)15-11(21)6-7-20-13(22)9-4-2-3-5-10(9)16-19-20/h2-5H,6-8H2,1H3,(H,15,18,21). The molecular weight excluding hydrogens is 332 g/mol. The Morgan fingerprint density at radius 1 is 1.29 bits per heavy atom. The van der Waals surface area contributed by atoms with Gasteiger partial charge in [-0.3, -0.25) is 9.59 Å². The Labute approximate surface area is 140 Å². The molecular formula is C14H14N6O3S. The van der Waals surface area contributed by atoms with Gasteiger partial charge in [-0.2, -0.15) is 0 Å². The quantitative estimate of drug-likeness (QED) is 0.703. The van der Waals surface area contributed by atoms with Gasteiger partial charge >= 0.3 is 0 Å². The SMILES string of the molecule is COCc1nnc(NC(=O)CCn2nnc3ccccc3c2=O)s1. The molecule has 0 spiro atoms. The van der Waals surface area contributed by atoms with Crippen LogP contribution in [0, 0.1) is 0 Å². The summed E-state index contributed by atoms with van der Waals surface area (Å²) in [4.78, 5) is 24.2. The van der Waals surface area contributed by atoms with Gasteiger partial charge in [-0.25, -0.2) is 4.68 Å². The van der Waals surface area contributed by atoms with Crippen molar-refractivity contribution in [1.29, 1.82) is 0 Å². The molecule has 0 atom stereocenters. The van der Waals surface area contributed by atoms with Gasteiger partial charge in [0.1, 0.15) is 17.1 Å². The normalized spacial score (nSPS) is 10.9. The predicted molar refractivity (Wildman–Crippen MR) is 87.7 cm³/mol. The number of methoxy groups -OCH3 is 1. The largest absolute Gasteiger partial charge is 0.377 e. The lowest BCUT2D eigenvalue weighted by atomic mass is 10.2. The lowest BCUT2D eigenvalue weighted by molar-refractivity contribution is -0.116. The van der Waals surface area contributed by atoms with Crippen LogP contribution >= 0.6 is 11.3 Å². The van der Waals surface area contributed by atoms with E-state index in [1.165, 1.54) is 16.0 Å². The zero-order valence-electron chi connectivity index (χ0n) is 12.8. The predicted octanol–water partition coefficient (Wildman–Crippen LogP) is 0.818. The molecule has 24 heavy (non-hydrogen) atoms. The van der Waals surface area contributed by atoms with Crippen molar-refractivity contribution in [3.63, 3.8) is 0 Å². The van der Waals surface area contributed by atoms with Gasteiger partial charge in [0.15, 0.2) is 0 Å². The first-order valence-electron chi connectivity index (χ1n) is 7.11. The number of rotatable bonds is 6. The van der Waals surface area contributed by atoms with E-state index in [1.807, 2.05) is 0 Å². The van der Waals surface area contributed by atoms with Crippen LogP contribution in [-0.4, -0.2) is 38.2 Å². The molecule has 3 rings (SSSR count). The number of amides is 1. The summed E-state index contributed by atoms with van der Waals surface area (Å²) in [6.07, 6.45) is 0.0755. The van der Waals surface area contributed by atoms with E-state index in [9.17, 15) is 9.59 Å². The second kappa shape index (κ2) is 7.23. The molecule has 1 N–H and O–H groups in total. The third-order valence-corrected chi connectivity index (χ3v) is 3.97. The van der Waals surface area contributed by atoms with Crippen LogP contribution in [-0.2, 0) is 22.7 Å². The molecule has 0 radical (unpaired) electrons. The molecule has 124 valence electrons. The molecule has 0 saturated heterocycles. The molecule has 0 fully saturated rings. The van der Waals surface area contributed by atoms with Crippen LogP contribution in [0.1, 0.15) is 11.4 Å². The number of anilines is 1. The Morgan fingerprint density at radius 3 is 2.96 bits per heavy atom. The molecule has 1 amide bonds. The highest BCUT2D eigenvalue weighted by Crippen LogP contribution is 2.15. The van der Waals surface area contributed by atoms with Gasteiger partial charge in [-0.05, 0) is 12.1 Å². The fourth-order valence-electron chi connectivity index (χ4n) is 2.04. The third kappa shape index (κ3) is 3.60. The highest BCUT2D eigenvalue weighted by Gasteiger charge is 2.10. The van der Waals surface area contributed by atoms with E-state index >= 15 is 0 Å². The van der Waals surface area contributed by atoms with Crippen LogP contribution in [0.25, 0.3) is 10.9 Å². The summed E-state index contributed by atoms with van der Waals surface area (Å²) in [5, 5.41) is 19.7. The molecule has 0 unspecified atom stereocenters. The average Bonchev–Trinajstić information content (AvgIpc) is 3.02. The summed E-state index contributed by atoms with van der Waals surface area (Å²) in [7, 11) is 1.56. The van der Waals surface area contributed by atoms with Crippen LogP contribution in [0.3, 0.4) is 0 Å². The van der Waals surface area contributed by atoms with Crippen LogP contribution in [0.2, 0.25) is 0 Å². The zero-order chi connectivity index (χ0) is 16.9. The molecule has 10 heteroatoms. The van der Waals surface area contributed by atoms with Crippen molar-refractivity contribution in [2.75, 3.05) is 12.4 Å².